The van der Waals surface area contributed by atoms with Crippen LogP contribution in [0.3, 0.4) is 0 Å². The maximum absolute atomic E-state index is 3.75. The molecule has 0 radical (unpaired) electrons. The Morgan fingerprint density at radius 1 is 0.484 bits per heavy atom. The number of aromatic amines is 2. The highest BCUT2D eigenvalue weighted by Gasteiger charge is 2.09. The molecule has 0 amide bonds. The molecule has 2 heterocycles. The number of aromatic nitrogens is 2. The van der Waals surface area contributed by atoms with Gasteiger partial charge >= 0.3 is 0 Å². The minimum absolute atomic E-state index is 1.08. The zero-order valence-corrected chi connectivity index (χ0v) is 18.1. The summed E-state index contributed by atoms with van der Waals surface area (Å²) in [7, 11) is 0. The molecule has 0 spiro atoms. The molecule has 0 saturated heterocycles. The summed E-state index contributed by atoms with van der Waals surface area (Å²) >= 11 is 3.73. The largest absolute Gasteiger partial charge is 0.354 e. The fourth-order valence-electron chi connectivity index (χ4n) is 5.11. The van der Waals surface area contributed by atoms with Gasteiger partial charge in [0.2, 0.25) is 0 Å². The van der Waals surface area contributed by atoms with Crippen molar-refractivity contribution in [3.05, 3.63) is 137 Å². The Kier molecular flexibility index (Phi) is 3.44. The summed E-state index contributed by atoms with van der Waals surface area (Å²) in [6, 6.07) is 32.5. The number of fused-ring (bicyclic) bond motifs is 8. The molecule has 2 nitrogen and oxygen atoms in total. The first-order valence-corrected chi connectivity index (χ1v) is 11.2. The van der Waals surface area contributed by atoms with E-state index in [1.54, 1.807) is 0 Å². The van der Waals surface area contributed by atoms with Gasteiger partial charge in [-0.05, 0) is 34.7 Å². The van der Waals surface area contributed by atoms with Gasteiger partial charge in [-0.25, -0.2) is 0 Å². The van der Waals surface area contributed by atoms with Gasteiger partial charge in [0.1, 0.15) is 0 Å². The lowest BCUT2D eigenvalue weighted by molar-refractivity contribution is 1.22. The van der Waals surface area contributed by atoms with Crippen LogP contribution in [-0.4, -0.2) is 9.97 Å². The molecule has 0 saturated carbocycles. The molecule has 7 rings (SSSR count). The van der Waals surface area contributed by atoms with Crippen LogP contribution in [-0.2, 0) is 0 Å². The Hall–Kier alpha value is -3.56. The zero-order chi connectivity index (χ0) is 20.5. The monoisotopic (exact) mass is 460 g/mol. The van der Waals surface area contributed by atoms with Crippen molar-refractivity contribution in [2.45, 2.75) is 0 Å². The summed E-state index contributed by atoms with van der Waals surface area (Å²) in [5.41, 5.74) is 2.32. The molecule has 6 aromatic rings. The van der Waals surface area contributed by atoms with Crippen molar-refractivity contribution < 1.29 is 0 Å². The second-order valence-electron chi connectivity index (χ2n) is 8.08. The van der Waals surface area contributed by atoms with Gasteiger partial charge in [-0.15, -0.1) is 0 Å². The van der Waals surface area contributed by atoms with E-state index in [4.69, 9.17) is 0 Å². The molecule has 0 fully saturated rings. The van der Waals surface area contributed by atoms with E-state index in [1.807, 2.05) is 0 Å². The van der Waals surface area contributed by atoms with Crippen LogP contribution in [0.15, 0.2) is 95.5 Å². The van der Waals surface area contributed by atoms with Crippen LogP contribution in [0.4, 0.5) is 0 Å². The quantitative estimate of drug-likeness (QED) is 0.247. The third kappa shape index (κ3) is 2.32. The number of nitrogens with one attached hydrogen (secondary N) is 2. The molecule has 0 bridgehead atoms. The Labute approximate surface area is 184 Å². The van der Waals surface area contributed by atoms with E-state index in [-0.39, 0.29) is 0 Å². The molecule has 0 aliphatic heterocycles. The fraction of sp³-hybridized carbons (Fsp3) is 0. The predicted octanol–water partition coefficient (Wildman–Crippen LogP) is 6.87. The number of halogens is 1. The number of H-pyrrole nitrogens is 2. The van der Waals surface area contributed by atoms with Crippen LogP contribution in [0.2, 0.25) is 0 Å². The van der Waals surface area contributed by atoms with Gasteiger partial charge in [0.15, 0.2) is 0 Å². The molecule has 3 heteroatoms. The lowest BCUT2D eigenvalue weighted by atomic mass is 10.1. The van der Waals surface area contributed by atoms with Crippen LogP contribution < -0.4 is 0 Å². The SMILES string of the molecule is Brc1ccc2/c(c1)=c1\c([nH]c3ccccc13)=c1\cccc\c1=c1\c=2[nH]c2ccccc12. The highest BCUT2D eigenvalue weighted by molar-refractivity contribution is 9.10. The Balaban J connectivity index is 2.10. The average molecular weight is 461 g/mol. The van der Waals surface area contributed by atoms with E-state index in [1.165, 1.54) is 52.8 Å². The van der Waals surface area contributed by atoms with Gasteiger partial charge in [0.05, 0.1) is 10.7 Å². The molecule has 0 unspecified atom stereocenters. The summed E-state index contributed by atoms with van der Waals surface area (Å²) in [5.74, 6) is 0. The minimum Gasteiger partial charge on any atom is -0.354 e. The van der Waals surface area contributed by atoms with E-state index in [9.17, 15) is 0 Å². The van der Waals surface area contributed by atoms with Crippen LogP contribution in [0.5, 0.6) is 0 Å². The van der Waals surface area contributed by atoms with E-state index in [2.05, 4.69) is 117 Å². The Morgan fingerprint density at radius 2 is 1.00 bits per heavy atom. The summed E-state index contributed by atoms with van der Waals surface area (Å²) in [6.07, 6.45) is 0. The summed E-state index contributed by atoms with van der Waals surface area (Å²) in [5, 5.41) is 12.3. The first-order valence-electron chi connectivity index (χ1n) is 10.4. The lowest BCUT2D eigenvalue weighted by Gasteiger charge is -1.99. The number of hydrogen-bond acceptors (Lipinski definition) is 0. The van der Waals surface area contributed by atoms with Crippen molar-refractivity contribution in [2.75, 3.05) is 0 Å². The van der Waals surface area contributed by atoms with Gasteiger partial charge in [0, 0.05) is 47.2 Å². The first-order chi connectivity index (χ1) is 15.3. The molecule has 2 aromatic heterocycles. The number of hydrogen-bond donors (Lipinski definition) is 2. The molecule has 1 aliphatic rings. The molecule has 4 aromatic carbocycles. The zero-order valence-electron chi connectivity index (χ0n) is 16.5. The number of benzene rings is 4. The minimum atomic E-state index is 1.08. The van der Waals surface area contributed by atoms with Crippen molar-refractivity contribution in [2.24, 2.45) is 0 Å². The molecular formula is C28H17BrN2. The van der Waals surface area contributed by atoms with Gasteiger partial charge in [-0.1, -0.05) is 82.7 Å². The maximum Gasteiger partial charge on any atom is 0.0551 e. The standard InChI is InChI=1S/C28H17BrN2/c29-16-13-14-19-22(15-16)26-21-10-4-6-12-24(21)30-27(26)18-8-2-1-7-17(18)25-20-9-3-5-11-23(20)31-28(19)25/h1-15,30-31H/b25-17-,26-22-,27-18+,28-19+. The fourth-order valence-corrected chi connectivity index (χ4v) is 5.47. The highest BCUT2D eigenvalue weighted by atomic mass is 79.9. The predicted molar refractivity (Wildman–Crippen MR) is 128 cm³/mol. The molecule has 2 N–H and O–H groups in total. The molecule has 146 valence electrons. The van der Waals surface area contributed by atoms with Crippen molar-refractivity contribution in [1.29, 1.82) is 0 Å². The van der Waals surface area contributed by atoms with Gasteiger partial charge < -0.3 is 9.97 Å². The molecule has 1 aliphatic carbocycles. The molecule has 0 atom stereocenters. The molecular weight excluding hydrogens is 444 g/mol. The van der Waals surface area contributed by atoms with Crippen LogP contribution in [0.1, 0.15) is 0 Å². The first kappa shape index (κ1) is 17.2. The van der Waals surface area contributed by atoms with Crippen molar-refractivity contribution in [3.63, 3.8) is 0 Å². The van der Waals surface area contributed by atoms with Crippen LogP contribution in [0.25, 0.3) is 21.8 Å². The van der Waals surface area contributed by atoms with Crippen LogP contribution >= 0.6 is 15.9 Å². The van der Waals surface area contributed by atoms with Crippen LogP contribution in [0, 0.1) is 42.0 Å². The second kappa shape index (κ2) is 6.22. The van der Waals surface area contributed by atoms with E-state index in [0.29, 0.717) is 0 Å². The van der Waals surface area contributed by atoms with Gasteiger partial charge in [-0.2, -0.15) is 0 Å². The Morgan fingerprint density at radius 3 is 1.68 bits per heavy atom. The normalized spacial score (nSPS) is 16.7. The number of rotatable bonds is 0. The topological polar surface area (TPSA) is 31.6 Å². The summed E-state index contributed by atoms with van der Waals surface area (Å²) in [4.78, 5) is 7.49. The molecule has 31 heavy (non-hydrogen) atoms. The summed E-state index contributed by atoms with van der Waals surface area (Å²) < 4.78 is 1.08. The van der Waals surface area contributed by atoms with Crippen molar-refractivity contribution in [1.82, 2.24) is 9.97 Å². The number of para-hydroxylation sites is 2. The second-order valence-corrected chi connectivity index (χ2v) is 8.99. The van der Waals surface area contributed by atoms with Crippen molar-refractivity contribution in [3.8, 4) is 0 Å². The maximum atomic E-state index is 3.75. The van der Waals surface area contributed by atoms with Gasteiger partial charge in [-0.3, -0.25) is 0 Å². The highest BCUT2D eigenvalue weighted by Crippen LogP contribution is 2.24. The summed E-state index contributed by atoms with van der Waals surface area (Å²) in [6.45, 7) is 0. The van der Waals surface area contributed by atoms with E-state index in [0.717, 1.165) is 15.5 Å². The van der Waals surface area contributed by atoms with Gasteiger partial charge in [0.25, 0.3) is 0 Å². The average Bonchev–Trinajstić information content (AvgIpc) is 3.36. The van der Waals surface area contributed by atoms with Crippen molar-refractivity contribution >= 4 is 37.7 Å². The van der Waals surface area contributed by atoms with E-state index >= 15 is 0 Å². The third-order valence-electron chi connectivity index (χ3n) is 6.40. The lowest BCUT2D eigenvalue weighted by Crippen LogP contribution is -1.88. The third-order valence-corrected chi connectivity index (χ3v) is 6.89. The van der Waals surface area contributed by atoms with E-state index < -0.39 is 0 Å². The Bertz CT molecular complexity index is 2070. The smallest absolute Gasteiger partial charge is 0.0551 e.